The molecule has 1 aliphatic heterocycles. The Morgan fingerprint density at radius 1 is 0.865 bits per heavy atom. The summed E-state index contributed by atoms with van der Waals surface area (Å²) in [5.74, 6) is 0.528. The highest BCUT2D eigenvalue weighted by Gasteiger charge is 2.34. The maximum atomic E-state index is 12.3. The SMILES string of the molecule is O=C(O)N1CCC(Nc2nc(Cl)nc3ccc(C(O)(c4ccc(Cl)cc4)c4ccc(Cl)cc4)cc23)CC1. The van der Waals surface area contributed by atoms with Crippen LogP contribution in [0.2, 0.25) is 15.3 Å². The van der Waals surface area contributed by atoms with Crippen LogP contribution in [0.3, 0.4) is 0 Å². The van der Waals surface area contributed by atoms with Crippen LogP contribution in [0, 0.1) is 0 Å². The van der Waals surface area contributed by atoms with E-state index in [1.807, 2.05) is 12.1 Å². The highest BCUT2D eigenvalue weighted by Crippen LogP contribution is 2.39. The third-order valence-electron chi connectivity index (χ3n) is 6.72. The Kier molecular flexibility index (Phi) is 7.14. The number of nitrogens with one attached hydrogen (secondary N) is 1. The fourth-order valence-electron chi connectivity index (χ4n) is 4.73. The van der Waals surface area contributed by atoms with E-state index in [9.17, 15) is 15.0 Å². The van der Waals surface area contributed by atoms with E-state index in [-0.39, 0.29) is 11.3 Å². The highest BCUT2D eigenvalue weighted by molar-refractivity contribution is 6.31. The Bertz CT molecular complexity index is 1390. The first-order chi connectivity index (χ1) is 17.7. The number of carboxylic acid groups (broad SMARTS) is 1. The van der Waals surface area contributed by atoms with E-state index < -0.39 is 11.7 Å². The fraction of sp³-hybridized carbons (Fsp3) is 0.222. The van der Waals surface area contributed by atoms with Crippen molar-refractivity contribution in [2.45, 2.75) is 24.5 Å². The number of piperidine rings is 1. The molecule has 0 saturated carbocycles. The van der Waals surface area contributed by atoms with E-state index >= 15 is 0 Å². The van der Waals surface area contributed by atoms with Gasteiger partial charge >= 0.3 is 6.09 Å². The largest absolute Gasteiger partial charge is 0.465 e. The van der Waals surface area contributed by atoms with Crippen molar-refractivity contribution in [1.29, 1.82) is 0 Å². The topological polar surface area (TPSA) is 98.6 Å². The van der Waals surface area contributed by atoms with Crippen molar-refractivity contribution in [1.82, 2.24) is 14.9 Å². The zero-order chi connectivity index (χ0) is 26.2. The van der Waals surface area contributed by atoms with E-state index in [1.54, 1.807) is 54.6 Å². The quantitative estimate of drug-likeness (QED) is 0.193. The first-order valence-electron chi connectivity index (χ1n) is 11.7. The van der Waals surface area contributed by atoms with Crippen molar-refractivity contribution in [2.24, 2.45) is 0 Å². The molecule has 0 atom stereocenters. The number of carbonyl (C=O) groups is 1. The summed E-state index contributed by atoms with van der Waals surface area (Å²) < 4.78 is 0. The van der Waals surface area contributed by atoms with Crippen LogP contribution in [-0.4, -0.2) is 50.3 Å². The molecule has 0 unspecified atom stereocenters. The van der Waals surface area contributed by atoms with Crippen LogP contribution in [0.5, 0.6) is 0 Å². The Morgan fingerprint density at radius 3 is 1.95 bits per heavy atom. The first-order valence-corrected chi connectivity index (χ1v) is 12.8. The highest BCUT2D eigenvalue weighted by atomic mass is 35.5. The average Bonchev–Trinajstić information content (AvgIpc) is 2.89. The summed E-state index contributed by atoms with van der Waals surface area (Å²) in [7, 11) is 0. The van der Waals surface area contributed by atoms with E-state index in [2.05, 4.69) is 15.3 Å². The summed E-state index contributed by atoms with van der Waals surface area (Å²) in [4.78, 5) is 21.5. The second kappa shape index (κ2) is 10.3. The van der Waals surface area contributed by atoms with Gasteiger partial charge in [-0.1, -0.05) is 53.5 Å². The van der Waals surface area contributed by atoms with Gasteiger partial charge in [-0.2, -0.15) is 0 Å². The monoisotopic (exact) mass is 556 g/mol. The van der Waals surface area contributed by atoms with Crippen molar-refractivity contribution in [3.05, 3.63) is 98.7 Å². The molecular formula is C27H23Cl3N4O3. The van der Waals surface area contributed by atoms with Gasteiger partial charge in [0.15, 0.2) is 0 Å². The summed E-state index contributed by atoms with van der Waals surface area (Å²) in [5, 5.41) is 26.8. The van der Waals surface area contributed by atoms with Crippen LogP contribution >= 0.6 is 34.8 Å². The maximum Gasteiger partial charge on any atom is 0.407 e. The van der Waals surface area contributed by atoms with Gasteiger partial charge in [-0.15, -0.1) is 0 Å². The molecule has 1 fully saturated rings. The summed E-state index contributed by atoms with van der Waals surface area (Å²) in [6.07, 6.45) is 0.353. The second-order valence-corrected chi connectivity index (χ2v) is 10.2. The molecule has 2 heterocycles. The van der Waals surface area contributed by atoms with Gasteiger partial charge in [-0.3, -0.25) is 0 Å². The molecule has 0 spiro atoms. The zero-order valence-corrected chi connectivity index (χ0v) is 21.8. The molecule has 5 rings (SSSR count). The third kappa shape index (κ3) is 5.18. The van der Waals surface area contributed by atoms with Crippen LogP contribution < -0.4 is 5.32 Å². The molecule has 7 nitrogen and oxygen atoms in total. The molecule has 37 heavy (non-hydrogen) atoms. The van der Waals surface area contributed by atoms with E-state index in [0.717, 1.165) is 0 Å². The maximum absolute atomic E-state index is 12.3. The molecule has 1 aliphatic rings. The van der Waals surface area contributed by atoms with Crippen molar-refractivity contribution in [2.75, 3.05) is 18.4 Å². The smallest absolute Gasteiger partial charge is 0.407 e. The number of nitrogens with zero attached hydrogens (tertiary/aromatic N) is 3. The van der Waals surface area contributed by atoms with Crippen molar-refractivity contribution in [3.8, 4) is 0 Å². The summed E-state index contributed by atoms with van der Waals surface area (Å²) in [6, 6.07) is 19.6. The van der Waals surface area contributed by atoms with E-state index in [0.29, 0.717) is 69.4 Å². The Morgan fingerprint density at radius 2 is 1.41 bits per heavy atom. The molecule has 0 bridgehead atoms. The minimum Gasteiger partial charge on any atom is -0.465 e. The Labute approximate surface area is 228 Å². The second-order valence-electron chi connectivity index (χ2n) is 8.99. The van der Waals surface area contributed by atoms with Crippen molar-refractivity contribution in [3.63, 3.8) is 0 Å². The minimum atomic E-state index is -1.52. The van der Waals surface area contributed by atoms with Gasteiger partial charge in [0.05, 0.1) is 5.52 Å². The van der Waals surface area contributed by atoms with Crippen molar-refractivity contribution < 1.29 is 15.0 Å². The Hall–Kier alpha value is -3.10. The summed E-state index contributed by atoms with van der Waals surface area (Å²) in [5.41, 5.74) is 0.948. The number of anilines is 1. The summed E-state index contributed by atoms with van der Waals surface area (Å²) in [6.45, 7) is 0.865. The lowest BCUT2D eigenvalue weighted by molar-refractivity contribution is 0.126. The molecule has 1 aromatic heterocycles. The fourth-order valence-corrected chi connectivity index (χ4v) is 5.15. The zero-order valence-electron chi connectivity index (χ0n) is 19.5. The van der Waals surface area contributed by atoms with Crippen LogP contribution in [0.4, 0.5) is 10.6 Å². The molecule has 1 saturated heterocycles. The lowest BCUT2D eigenvalue weighted by Crippen LogP contribution is -2.41. The van der Waals surface area contributed by atoms with Gasteiger partial charge in [0, 0.05) is 34.6 Å². The molecule has 190 valence electrons. The number of hydrogen-bond acceptors (Lipinski definition) is 5. The van der Waals surface area contributed by atoms with Crippen LogP contribution in [0.15, 0.2) is 66.7 Å². The minimum absolute atomic E-state index is 0.0137. The van der Waals surface area contributed by atoms with Crippen LogP contribution in [0.1, 0.15) is 29.5 Å². The number of amides is 1. The number of rotatable bonds is 5. The van der Waals surface area contributed by atoms with Gasteiger partial charge in [-0.05, 0) is 77.5 Å². The van der Waals surface area contributed by atoms with Gasteiger partial charge in [0.2, 0.25) is 5.28 Å². The standard InChI is InChI=1S/C27H23Cl3N4O3/c28-19-6-1-16(2-7-19)27(37,17-3-8-20(29)9-4-17)18-5-10-23-22(15-18)24(33-25(30)32-23)31-21-11-13-34(14-12-21)26(35)36/h1-10,15,21,37H,11-14H2,(H,35,36)(H,31,32,33). The molecule has 0 radical (unpaired) electrons. The Balaban J connectivity index is 1.59. The molecule has 3 aromatic carbocycles. The number of hydrogen-bond donors (Lipinski definition) is 3. The first kappa shape index (κ1) is 25.5. The lowest BCUT2D eigenvalue weighted by atomic mass is 9.80. The number of benzene rings is 3. The number of aromatic nitrogens is 2. The summed E-state index contributed by atoms with van der Waals surface area (Å²) >= 11 is 18.5. The number of likely N-dealkylation sites (tertiary alicyclic amines) is 1. The average molecular weight is 558 g/mol. The molecule has 0 aliphatic carbocycles. The number of fused-ring (bicyclic) bond motifs is 1. The molecule has 10 heteroatoms. The number of aliphatic hydroxyl groups is 1. The van der Waals surface area contributed by atoms with E-state index in [1.165, 1.54) is 4.90 Å². The van der Waals surface area contributed by atoms with Crippen LogP contribution in [-0.2, 0) is 5.60 Å². The van der Waals surface area contributed by atoms with Crippen LogP contribution in [0.25, 0.3) is 10.9 Å². The van der Waals surface area contributed by atoms with Gasteiger partial charge in [-0.25, -0.2) is 14.8 Å². The molecule has 4 aromatic rings. The third-order valence-corrected chi connectivity index (χ3v) is 7.39. The van der Waals surface area contributed by atoms with Crippen molar-refractivity contribution >= 4 is 57.6 Å². The predicted octanol–water partition coefficient (Wildman–Crippen LogP) is 6.43. The van der Waals surface area contributed by atoms with Gasteiger partial charge in [0.25, 0.3) is 0 Å². The number of halogens is 3. The van der Waals surface area contributed by atoms with Gasteiger partial charge < -0.3 is 20.4 Å². The normalized spacial score (nSPS) is 14.6. The predicted molar refractivity (Wildman–Crippen MR) is 146 cm³/mol. The van der Waals surface area contributed by atoms with Gasteiger partial charge in [0.1, 0.15) is 11.4 Å². The molecular weight excluding hydrogens is 535 g/mol. The van der Waals surface area contributed by atoms with E-state index in [4.69, 9.17) is 34.8 Å². The molecule has 3 N–H and O–H groups in total. The molecule has 1 amide bonds. The lowest BCUT2D eigenvalue weighted by Gasteiger charge is -2.32.